The molecule has 156 valence electrons. The molecule has 0 bridgehead atoms. The minimum absolute atomic E-state index is 0.0891. The summed E-state index contributed by atoms with van der Waals surface area (Å²) in [5, 5.41) is 7.02. The van der Waals surface area contributed by atoms with Crippen LogP contribution in [-0.2, 0) is 11.2 Å². The number of fused-ring (bicyclic) bond motifs is 1. The highest BCUT2D eigenvalue weighted by Crippen LogP contribution is 2.33. The van der Waals surface area contributed by atoms with Crippen LogP contribution >= 0.6 is 0 Å². The molecule has 1 amide bonds. The van der Waals surface area contributed by atoms with Crippen LogP contribution in [0, 0.1) is 0 Å². The van der Waals surface area contributed by atoms with E-state index in [2.05, 4.69) is 37.7 Å². The minimum atomic E-state index is -0.0891. The van der Waals surface area contributed by atoms with Crippen LogP contribution in [0.3, 0.4) is 0 Å². The first kappa shape index (κ1) is 20.3. The zero-order chi connectivity index (χ0) is 21.6. The number of aromatic nitrogens is 3. The molecule has 31 heavy (non-hydrogen) atoms. The maximum absolute atomic E-state index is 11.9. The van der Waals surface area contributed by atoms with E-state index in [1.807, 2.05) is 30.3 Å². The van der Waals surface area contributed by atoms with Gasteiger partial charge in [0, 0.05) is 36.0 Å². The van der Waals surface area contributed by atoms with Gasteiger partial charge in [-0.1, -0.05) is 19.1 Å². The Bertz CT molecular complexity index is 1190. The number of rotatable bonds is 7. The summed E-state index contributed by atoms with van der Waals surface area (Å²) >= 11 is 0. The molecule has 7 nitrogen and oxygen atoms in total. The van der Waals surface area contributed by atoms with E-state index in [0.29, 0.717) is 23.7 Å². The molecular formula is C24H23N5O2. The maximum atomic E-state index is 11.9. The van der Waals surface area contributed by atoms with Crippen molar-refractivity contribution in [2.75, 3.05) is 17.7 Å². The quantitative estimate of drug-likeness (QED) is 0.456. The summed E-state index contributed by atoms with van der Waals surface area (Å²) < 4.78 is 5.42. The maximum Gasteiger partial charge on any atom is 0.224 e. The molecule has 0 atom stereocenters. The van der Waals surface area contributed by atoms with Crippen molar-refractivity contribution in [3.63, 3.8) is 0 Å². The highest BCUT2D eigenvalue weighted by molar-refractivity contribution is 5.99. The summed E-state index contributed by atoms with van der Waals surface area (Å²) in [5.74, 6) is 1.12. The fourth-order valence-electron chi connectivity index (χ4n) is 3.27. The third kappa shape index (κ3) is 4.78. The number of ether oxygens (including phenoxy) is 1. The largest absolute Gasteiger partial charge is 0.494 e. The second kappa shape index (κ2) is 9.21. The summed E-state index contributed by atoms with van der Waals surface area (Å²) in [7, 11) is 1.57. The van der Waals surface area contributed by atoms with Crippen LogP contribution in [-0.4, -0.2) is 28.0 Å². The average Bonchev–Trinajstić information content (AvgIpc) is 2.81. The van der Waals surface area contributed by atoms with E-state index in [9.17, 15) is 4.79 Å². The number of nitrogens with one attached hydrogen (secondary N) is 2. The molecule has 4 aromatic rings. The molecule has 0 aliphatic carbocycles. The molecule has 7 heteroatoms. The monoisotopic (exact) mass is 413 g/mol. The number of hydrogen-bond acceptors (Lipinski definition) is 6. The minimum Gasteiger partial charge on any atom is -0.494 e. The molecular weight excluding hydrogens is 390 g/mol. The second-order valence-corrected chi connectivity index (χ2v) is 7.05. The number of methoxy groups -OCH3 is 1. The molecule has 4 rings (SSSR count). The number of carbonyl (C=O) groups is 1. The number of hydrogen-bond donors (Lipinski definition) is 2. The third-order valence-electron chi connectivity index (χ3n) is 4.93. The number of anilines is 3. The van der Waals surface area contributed by atoms with Gasteiger partial charge in [-0.3, -0.25) is 9.78 Å². The van der Waals surface area contributed by atoms with Crippen molar-refractivity contribution in [2.45, 2.75) is 19.8 Å². The predicted molar refractivity (Wildman–Crippen MR) is 122 cm³/mol. The van der Waals surface area contributed by atoms with E-state index in [4.69, 9.17) is 4.74 Å². The molecule has 2 aromatic heterocycles. The second-order valence-electron chi connectivity index (χ2n) is 7.05. The van der Waals surface area contributed by atoms with E-state index < -0.39 is 0 Å². The molecule has 0 saturated heterocycles. The Kier molecular flexibility index (Phi) is 6.03. The van der Waals surface area contributed by atoms with Crippen molar-refractivity contribution in [3.8, 4) is 5.75 Å². The molecule has 0 aliphatic rings. The van der Waals surface area contributed by atoms with Gasteiger partial charge in [0.05, 0.1) is 18.3 Å². The van der Waals surface area contributed by atoms with Gasteiger partial charge in [0.1, 0.15) is 17.9 Å². The molecule has 2 N–H and O–H groups in total. The van der Waals surface area contributed by atoms with Crippen molar-refractivity contribution in [3.05, 3.63) is 78.4 Å². The fourth-order valence-corrected chi connectivity index (χ4v) is 3.27. The fraction of sp³-hybridized carbons (Fsp3) is 0.167. The normalized spacial score (nSPS) is 10.6. The van der Waals surface area contributed by atoms with Crippen LogP contribution in [0.15, 0.2) is 67.3 Å². The first-order valence-corrected chi connectivity index (χ1v) is 10.0. The number of amides is 1. The average molecular weight is 413 g/mol. The standard InChI is InChI=1S/C24H23N5O2/c1-3-23(30)29-21-13-19-20(14-22(21)31-2)26-15-27-24(19)28-18-6-4-16(5-7-18)12-17-8-10-25-11-9-17/h4-11,13-15H,3,12H2,1-2H3,(H,29,30)(H,26,27,28). The van der Waals surface area contributed by atoms with Crippen LogP contribution in [0.4, 0.5) is 17.2 Å². The van der Waals surface area contributed by atoms with Gasteiger partial charge in [-0.2, -0.15) is 0 Å². The number of carbonyl (C=O) groups excluding carboxylic acids is 1. The van der Waals surface area contributed by atoms with Gasteiger partial charge in [0.2, 0.25) is 5.91 Å². The lowest BCUT2D eigenvalue weighted by Gasteiger charge is -2.13. The Morgan fingerprint density at radius 1 is 1.00 bits per heavy atom. The molecule has 0 fully saturated rings. The van der Waals surface area contributed by atoms with Gasteiger partial charge >= 0.3 is 0 Å². The van der Waals surface area contributed by atoms with Crippen LogP contribution < -0.4 is 15.4 Å². The van der Waals surface area contributed by atoms with Crippen LogP contribution in [0.2, 0.25) is 0 Å². The Morgan fingerprint density at radius 3 is 2.45 bits per heavy atom. The smallest absolute Gasteiger partial charge is 0.224 e. The molecule has 0 saturated carbocycles. The lowest BCUT2D eigenvalue weighted by atomic mass is 10.1. The number of pyridine rings is 1. The topological polar surface area (TPSA) is 89.0 Å². The Morgan fingerprint density at radius 2 is 1.74 bits per heavy atom. The number of benzene rings is 2. The summed E-state index contributed by atoms with van der Waals surface area (Å²) in [5.41, 5.74) is 4.64. The SMILES string of the molecule is CCC(=O)Nc1cc2c(Nc3ccc(Cc4ccncc4)cc3)ncnc2cc1OC. The van der Waals surface area contributed by atoms with E-state index in [1.165, 1.54) is 17.5 Å². The summed E-state index contributed by atoms with van der Waals surface area (Å²) in [6.07, 6.45) is 6.34. The summed E-state index contributed by atoms with van der Waals surface area (Å²) in [6.45, 7) is 1.80. The van der Waals surface area contributed by atoms with Gasteiger partial charge < -0.3 is 15.4 Å². The van der Waals surface area contributed by atoms with Crippen molar-refractivity contribution in [2.24, 2.45) is 0 Å². The van der Waals surface area contributed by atoms with Crippen molar-refractivity contribution < 1.29 is 9.53 Å². The third-order valence-corrected chi connectivity index (χ3v) is 4.93. The van der Waals surface area contributed by atoms with E-state index in [1.54, 1.807) is 32.5 Å². The molecule has 2 aromatic carbocycles. The zero-order valence-corrected chi connectivity index (χ0v) is 17.4. The van der Waals surface area contributed by atoms with Crippen LogP contribution in [0.25, 0.3) is 10.9 Å². The van der Waals surface area contributed by atoms with Crippen molar-refractivity contribution >= 4 is 34.0 Å². The van der Waals surface area contributed by atoms with Crippen LogP contribution in [0.1, 0.15) is 24.5 Å². The van der Waals surface area contributed by atoms with Crippen LogP contribution in [0.5, 0.6) is 5.75 Å². The van der Waals surface area contributed by atoms with Crippen molar-refractivity contribution in [1.29, 1.82) is 0 Å². The lowest BCUT2D eigenvalue weighted by Crippen LogP contribution is -2.10. The highest BCUT2D eigenvalue weighted by atomic mass is 16.5. The van der Waals surface area contributed by atoms with Crippen molar-refractivity contribution in [1.82, 2.24) is 15.0 Å². The Balaban J connectivity index is 1.60. The van der Waals surface area contributed by atoms with Gasteiger partial charge in [-0.05, 0) is 47.9 Å². The summed E-state index contributed by atoms with van der Waals surface area (Å²) in [6, 6.07) is 15.9. The van der Waals surface area contributed by atoms with E-state index in [0.717, 1.165) is 23.0 Å². The molecule has 0 aliphatic heterocycles. The molecule has 2 heterocycles. The lowest BCUT2D eigenvalue weighted by molar-refractivity contribution is -0.115. The first-order chi connectivity index (χ1) is 15.2. The molecule has 0 unspecified atom stereocenters. The highest BCUT2D eigenvalue weighted by Gasteiger charge is 2.12. The first-order valence-electron chi connectivity index (χ1n) is 10.0. The summed E-state index contributed by atoms with van der Waals surface area (Å²) in [4.78, 5) is 24.7. The molecule has 0 spiro atoms. The van der Waals surface area contributed by atoms with Gasteiger partial charge in [-0.25, -0.2) is 9.97 Å². The zero-order valence-electron chi connectivity index (χ0n) is 17.4. The van der Waals surface area contributed by atoms with Gasteiger partial charge in [0.15, 0.2) is 0 Å². The predicted octanol–water partition coefficient (Wildman–Crippen LogP) is 4.72. The molecule has 0 radical (unpaired) electrons. The Hall–Kier alpha value is -4.00. The number of nitrogens with zero attached hydrogens (tertiary/aromatic N) is 3. The van der Waals surface area contributed by atoms with E-state index >= 15 is 0 Å². The van der Waals surface area contributed by atoms with E-state index in [-0.39, 0.29) is 5.91 Å². The van der Waals surface area contributed by atoms with Gasteiger partial charge in [-0.15, -0.1) is 0 Å². The Labute approximate surface area is 180 Å². The van der Waals surface area contributed by atoms with Gasteiger partial charge in [0.25, 0.3) is 0 Å².